The summed E-state index contributed by atoms with van der Waals surface area (Å²) in [6.45, 7) is 2.10. The topological polar surface area (TPSA) is 84.9 Å². The van der Waals surface area contributed by atoms with Crippen molar-refractivity contribution in [1.29, 1.82) is 0 Å². The second kappa shape index (κ2) is 9.16. The molecular weight excluding hydrogens is 404 g/mol. The predicted molar refractivity (Wildman–Crippen MR) is 110 cm³/mol. The number of nitrogens with one attached hydrogen (secondary N) is 1. The van der Waals surface area contributed by atoms with Crippen LogP contribution in [0.5, 0.6) is 11.5 Å². The van der Waals surface area contributed by atoms with Gasteiger partial charge >= 0.3 is 0 Å². The normalized spacial score (nSPS) is 11.0. The number of methoxy groups -OCH3 is 2. The van der Waals surface area contributed by atoms with E-state index in [9.17, 15) is 13.2 Å². The second-order valence-electron chi connectivity index (χ2n) is 5.96. The molecule has 0 saturated heterocycles. The molecule has 152 valence electrons. The van der Waals surface area contributed by atoms with Gasteiger partial charge in [-0.25, -0.2) is 8.42 Å². The molecule has 0 saturated carbocycles. The van der Waals surface area contributed by atoms with Gasteiger partial charge in [-0.3, -0.25) is 9.10 Å². The number of carbonyl (C=O) groups is 1. The molecule has 1 amide bonds. The summed E-state index contributed by atoms with van der Waals surface area (Å²) in [5.74, 6) is 0.217. The average Bonchev–Trinajstić information content (AvgIpc) is 2.66. The van der Waals surface area contributed by atoms with Crippen molar-refractivity contribution in [2.75, 3.05) is 31.3 Å². The van der Waals surface area contributed by atoms with Gasteiger partial charge in [0.15, 0.2) is 11.5 Å². The number of carbonyl (C=O) groups excluding carboxylic acids is 1. The lowest BCUT2D eigenvalue weighted by molar-refractivity contribution is 0.0951. The number of nitrogens with zero attached hydrogens (tertiary/aromatic N) is 1. The van der Waals surface area contributed by atoms with Gasteiger partial charge in [0, 0.05) is 24.2 Å². The minimum absolute atomic E-state index is 0.159. The Morgan fingerprint density at radius 2 is 1.68 bits per heavy atom. The molecule has 9 heteroatoms. The third-order valence-electron chi connectivity index (χ3n) is 4.07. The van der Waals surface area contributed by atoms with E-state index in [0.717, 1.165) is 16.1 Å². The summed E-state index contributed by atoms with van der Waals surface area (Å²) in [6.07, 6.45) is 1.09. The molecule has 7 nitrogen and oxygen atoms in total. The van der Waals surface area contributed by atoms with Gasteiger partial charge in [0.2, 0.25) is 10.0 Å². The molecule has 28 heavy (non-hydrogen) atoms. The first kappa shape index (κ1) is 21.8. The maximum atomic E-state index is 12.9. The van der Waals surface area contributed by atoms with Gasteiger partial charge in [0.05, 0.1) is 31.7 Å². The highest BCUT2D eigenvalue weighted by molar-refractivity contribution is 7.92. The van der Waals surface area contributed by atoms with Gasteiger partial charge in [-0.15, -0.1) is 0 Å². The van der Waals surface area contributed by atoms with Crippen LogP contribution in [0.4, 0.5) is 5.69 Å². The standard InChI is InChI=1S/C19H23ClN2O5S/c1-5-22(28(4,24)25)16-11-18(27-3)17(26-2)10-15(16)19(23)21-12-13-6-8-14(20)9-7-13/h6-11H,5,12H2,1-4H3,(H,21,23). The highest BCUT2D eigenvalue weighted by atomic mass is 35.5. The number of anilines is 1. The molecule has 0 aromatic heterocycles. The molecule has 0 atom stereocenters. The monoisotopic (exact) mass is 426 g/mol. The van der Waals surface area contributed by atoms with Crippen LogP contribution in [-0.4, -0.2) is 41.3 Å². The first-order chi connectivity index (χ1) is 13.2. The van der Waals surface area contributed by atoms with Gasteiger partial charge in [-0.2, -0.15) is 0 Å². The highest BCUT2D eigenvalue weighted by Gasteiger charge is 2.25. The third-order valence-corrected chi connectivity index (χ3v) is 5.58. The molecule has 0 heterocycles. The molecule has 0 aliphatic heterocycles. The van der Waals surface area contributed by atoms with Crippen molar-refractivity contribution in [2.45, 2.75) is 13.5 Å². The number of hydrogen-bond acceptors (Lipinski definition) is 5. The van der Waals surface area contributed by atoms with Crippen LogP contribution in [0.2, 0.25) is 5.02 Å². The summed E-state index contributed by atoms with van der Waals surface area (Å²) >= 11 is 5.87. The first-order valence-corrected chi connectivity index (χ1v) is 10.7. The van der Waals surface area contributed by atoms with Crippen LogP contribution in [0.1, 0.15) is 22.8 Å². The van der Waals surface area contributed by atoms with Crippen molar-refractivity contribution in [1.82, 2.24) is 5.32 Å². The summed E-state index contributed by atoms with van der Waals surface area (Å²) in [5, 5.41) is 3.40. The Morgan fingerprint density at radius 1 is 1.11 bits per heavy atom. The highest BCUT2D eigenvalue weighted by Crippen LogP contribution is 2.36. The molecule has 0 radical (unpaired) electrons. The summed E-state index contributed by atoms with van der Waals surface area (Å²) in [6, 6.07) is 10.0. The lowest BCUT2D eigenvalue weighted by Crippen LogP contribution is -2.33. The zero-order valence-corrected chi connectivity index (χ0v) is 17.7. The Labute approximate surface area is 170 Å². The molecule has 0 unspecified atom stereocenters. The number of hydrogen-bond donors (Lipinski definition) is 1. The lowest BCUT2D eigenvalue weighted by Gasteiger charge is -2.24. The minimum Gasteiger partial charge on any atom is -0.493 e. The van der Waals surface area contributed by atoms with Gasteiger partial charge in [-0.1, -0.05) is 23.7 Å². The van der Waals surface area contributed by atoms with Crippen molar-refractivity contribution in [3.05, 3.63) is 52.5 Å². The Morgan fingerprint density at radius 3 is 2.18 bits per heavy atom. The quantitative estimate of drug-likeness (QED) is 0.701. The van der Waals surface area contributed by atoms with Crippen molar-refractivity contribution < 1.29 is 22.7 Å². The van der Waals surface area contributed by atoms with Crippen LogP contribution < -0.4 is 19.1 Å². The molecule has 0 aliphatic rings. The van der Waals surface area contributed by atoms with E-state index in [2.05, 4.69) is 5.32 Å². The average molecular weight is 427 g/mol. The van der Waals surface area contributed by atoms with Crippen LogP contribution in [0.3, 0.4) is 0 Å². The fourth-order valence-electron chi connectivity index (χ4n) is 2.72. The van der Waals surface area contributed by atoms with Crippen molar-refractivity contribution in [3.63, 3.8) is 0 Å². The zero-order valence-electron chi connectivity index (χ0n) is 16.2. The van der Waals surface area contributed by atoms with Gasteiger partial charge in [0.25, 0.3) is 5.91 Å². The lowest BCUT2D eigenvalue weighted by atomic mass is 10.1. The molecular formula is C19H23ClN2O5S. The predicted octanol–water partition coefficient (Wildman–Crippen LogP) is 3.07. The van der Waals surface area contributed by atoms with E-state index < -0.39 is 15.9 Å². The van der Waals surface area contributed by atoms with Crippen molar-refractivity contribution >= 4 is 33.2 Å². The smallest absolute Gasteiger partial charge is 0.253 e. The summed E-state index contributed by atoms with van der Waals surface area (Å²) in [7, 11) is -0.710. The van der Waals surface area contributed by atoms with Crippen molar-refractivity contribution in [2.24, 2.45) is 0 Å². The third kappa shape index (κ3) is 5.08. The molecule has 0 spiro atoms. The minimum atomic E-state index is -3.60. The van der Waals surface area contributed by atoms with Gasteiger partial charge in [0.1, 0.15) is 0 Å². The molecule has 2 rings (SSSR count). The van der Waals surface area contributed by atoms with Crippen LogP contribution in [0.15, 0.2) is 36.4 Å². The largest absolute Gasteiger partial charge is 0.493 e. The fourth-order valence-corrected chi connectivity index (χ4v) is 3.82. The van der Waals surface area contributed by atoms with Gasteiger partial charge in [-0.05, 0) is 30.7 Å². The summed E-state index contributed by atoms with van der Waals surface area (Å²) < 4.78 is 36.1. The molecule has 1 N–H and O–H groups in total. The second-order valence-corrected chi connectivity index (χ2v) is 8.30. The molecule has 0 aliphatic carbocycles. The first-order valence-electron chi connectivity index (χ1n) is 8.47. The molecule has 0 bridgehead atoms. The Hall–Kier alpha value is -2.45. The number of rotatable bonds is 8. The molecule has 2 aromatic carbocycles. The van der Waals surface area contributed by atoms with Crippen LogP contribution in [0.25, 0.3) is 0 Å². The Balaban J connectivity index is 2.44. The zero-order chi connectivity index (χ0) is 20.9. The number of amides is 1. The Kier molecular flexibility index (Phi) is 7.15. The molecule has 2 aromatic rings. The van der Waals surface area contributed by atoms with E-state index in [1.54, 1.807) is 31.2 Å². The van der Waals surface area contributed by atoms with Crippen LogP contribution in [0, 0.1) is 0 Å². The maximum absolute atomic E-state index is 12.9. The summed E-state index contributed by atoms with van der Waals surface area (Å²) in [4.78, 5) is 12.9. The maximum Gasteiger partial charge on any atom is 0.253 e. The van der Waals surface area contributed by atoms with E-state index >= 15 is 0 Å². The van der Waals surface area contributed by atoms with E-state index in [4.69, 9.17) is 21.1 Å². The SMILES string of the molecule is CCN(c1cc(OC)c(OC)cc1C(=O)NCc1ccc(Cl)cc1)S(C)(=O)=O. The molecule has 0 fully saturated rings. The van der Waals surface area contributed by atoms with Crippen LogP contribution >= 0.6 is 11.6 Å². The summed E-state index contributed by atoms with van der Waals surface area (Å²) in [5.41, 5.74) is 1.24. The van der Waals surface area contributed by atoms with E-state index in [1.807, 2.05) is 0 Å². The van der Waals surface area contributed by atoms with E-state index in [0.29, 0.717) is 16.5 Å². The number of sulfonamides is 1. The number of halogens is 1. The number of ether oxygens (including phenoxy) is 2. The number of benzene rings is 2. The van der Waals surface area contributed by atoms with E-state index in [1.165, 1.54) is 26.4 Å². The van der Waals surface area contributed by atoms with Crippen LogP contribution in [-0.2, 0) is 16.6 Å². The van der Waals surface area contributed by atoms with E-state index in [-0.39, 0.29) is 24.3 Å². The van der Waals surface area contributed by atoms with Crippen molar-refractivity contribution in [3.8, 4) is 11.5 Å². The van der Waals surface area contributed by atoms with Gasteiger partial charge < -0.3 is 14.8 Å². The fraction of sp³-hybridized carbons (Fsp3) is 0.316. The Bertz CT molecular complexity index is 946.